The van der Waals surface area contributed by atoms with E-state index in [1.807, 2.05) is 0 Å². The zero-order chi connectivity index (χ0) is 12.4. The van der Waals surface area contributed by atoms with Crippen LogP contribution in [0, 0.1) is 17.8 Å². The summed E-state index contributed by atoms with van der Waals surface area (Å²) in [5.41, 5.74) is 7.53. The van der Waals surface area contributed by atoms with E-state index >= 15 is 0 Å². The van der Waals surface area contributed by atoms with Gasteiger partial charge in [0.1, 0.15) is 0 Å². The van der Waals surface area contributed by atoms with E-state index in [0.29, 0.717) is 5.92 Å². The number of nitrogens with zero attached hydrogens (tertiary/aromatic N) is 2. The largest absolute Gasteiger partial charge is 0.323 e. The maximum atomic E-state index is 6.43. The van der Waals surface area contributed by atoms with Gasteiger partial charge in [0.2, 0.25) is 0 Å². The lowest BCUT2D eigenvalue weighted by Crippen LogP contribution is -2.29. The number of aryl methyl sites for hydroxylation is 1. The molecule has 0 aromatic carbocycles. The lowest BCUT2D eigenvalue weighted by Gasteiger charge is -2.34. The monoisotopic (exact) mass is 253 g/mol. The first kappa shape index (κ1) is 13.0. The predicted octanol–water partition coefficient (Wildman–Crippen LogP) is 3.17. The molecule has 0 amide bonds. The van der Waals surface area contributed by atoms with E-state index in [4.69, 9.17) is 5.73 Å². The van der Waals surface area contributed by atoms with Crippen molar-refractivity contribution in [1.29, 1.82) is 0 Å². The van der Waals surface area contributed by atoms with Gasteiger partial charge in [-0.05, 0) is 48.5 Å². The summed E-state index contributed by atoms with van der Waals surface area (Å²) in [6.07, 6.45) is 4.77. The number of hydrogen-bond donors (Lipinski definition) is 1. The first-order valence-corrected chi connectivity index (χ1v) is 7.47. The van der Waals surface area contributed by atoms with Crippen LogP contribution >= 0.6 is 11.5 Å². The second-order valence-electron chi connectivity index (χ2n) is 5.49. The van der Waals surface area contributed by atoms with Gasteiger partial charge in [-0.1, -0.05) is 31.7 Å². The SMILES string of the molecule is CCc1nnsc1C(N)C1CCC(C)C(C)C1. The first-order valence-electron chi connectivity index (χ1n) is 6.70. The van der Waals surface area contributed by atoms with Crippen LogP contribution in [0.3, 0.4) is 0 Å². The van der Waals surface area contributed by atoms with Gasteiger partial charge >= 0.3 is 0 Å². The lowest BCUT2D eigenvalue weighted by molar-refractivity contribution is 0.187. The standard InChI is InChI=1S/C13H23N3S/c1-4-11-13(17-16-15-11)12(14)10-6-5-8(2)9(3)7-10/h8-10,12H,4-7,14H2,1-3H3. The molecule has 0 aliphatic heterocycles. The molecule has 1 aromatic heterocycles. The van der Waals surface area contributed by atoms with Crippen LogP contribution in [-0.2, 0) is 6.42 Å². The van der Waals surface area contributed by atoms with Crippen molar-refractivity contribution in [3.8, 4) is 0 Å². The van der Waals surface area contributed by atoms with E-state index < -0.39 is 0 Å². The summed E-state index contributed by atoms with van der Waals surface area (Å²) in [7, 11) is 0. The highest BCUT2D eigenvalue weighted by molar-refractivity contribution is 7.05. The molecule has 1 heterocycles. The summed E-state index contributed by atoms with van der Waals surface area (Å²) in [5, 5.41) is 4.17. The molecule has 17 heavy (non-hydrogen) atoms. The molecule has 3 nitrogen and oxygen atoms in total. The molecule has 1 saturated carbocycles. The summed E-state index contributed by atoms with van der Waals surface area (Å²) in [4.78, 5) is 1.22. The molecular weight excluding hydrogens is 230 g/mol. The highest BCUT2D eigenvalue weighted by Gasteiger charge is 2.31. The molecule has 4 atom stereocenters. The van der Waals surface area contributed by atoms with Crippen molar-refractivity contribution in [1.82, 2.24) is 9.59 Å². The van der Waals surface area contributed by atoms with Gasteiger partial charge in [-0.3, -0.25) is 0 Å². The van der Waals surface area contributed by atoms with Crippen molar-refractivity contribution in [3.05, 3.63) is 10.6 Å². The summed E-state index contributed by atoms with van der Waals surface area (Å²) >= 11 is 1.49. The van der Waals surface area contributed by atoms with Gasteiger partial charge in [-0.2, -0.15) is 0 Å². The topological polar surface area (TPSA) is 51.8 Å². The molecule has 2 rings (SSSR count). The van der Waals surface area contributed by atoms with E-state index in [9.17, 15) is 0 Å². The fraction of sp³-hybridized carbons (Fsp3) is 0.846. The van der Waals surface area contributed by atoms with Gasteiger partial charge in [0.25, 0.3) is 0 Å². The molecule has 2 N–H and O–H groups in total. The maximum absolute atomic E-state index is 6.43. The van der Waals surface area contributed by atoms with Crippen LogP contribution in [0.1, 0.15) is 56.6 Å². The number of aromatic nitrogens is 2. The summed E-state index contributed by atoms with van der Waals surface area (Å²) < 4.78 is 4.05. The predicted molar refractivity (Wildman–Crippen MR) is 71.9 cm³/mol. The molecule has 1 aliphatic carbocycles. The van der Waals surface area contributed by atoms with E-state index in [1.54, 1.807) is 0 Å². The average molecular weight is 253 g/mol. The normalized spacial score (nSPS) is 31.4. The van der Waals surface area contributed by atoms with Gasteiger partial charge in [0, 0.05) is 6.04 Å². The molecule has 4 heteroatoms. The van der Waals surface area contributed by atoms with Crippen LogP contribution in [0.4, 0.5) is 0 Å². The van der Waals surface area contributed by atoms with Gasteiger partial charge < -0.3 is 5.73 Å². The van der Waals surface area contributed by atoms with Crippen LogP contribution in [0.5, 0.6) is 0 Å². The molecule has 1 fully saturated rings. The Morgan fingerprint density at radius 3 is 2.76 bits per heavy atom. The van der Waals surface area contributed by atoms with Crippen LogP contribution in [0.25, 0.3) is 0 Å². The molecule has 4 unspecified atom stereocenters. The van der Waals surface area contributed by atoms with Gasteiger partial charge in [0.05, 0.1) is 10.6 Å². The molecule has 96 valence electrons. The third-order valence-electron chi connectivity index (χ3n) is 4.37. The second-order valence-corrected chi connectivity index (χ2v) is 6.28. The Balaban J connectivity index is 2.07. The van der Waals surface area contributed by atoms with Crippen LogP contribution in [-0.4, -0.2) is 9.59 Å². The smallest absolute Gasteiger partial charge is 0.0801 e. The fourth-order valence-corrected chi connectivity index (χ4v) is 3.68. The van der Waals surface area contributed by atoms with E-state index in [2.05, 4.69) is 30.4 Å². The number of nitrogens with two attached hydrogens (primary N) is 1. The van der Waals surface area contributed by atoms with Crippen molar-refractivity contribution in [2.75, 3.05) is 0 Å². The summed E-state index contributed by atoms with van der Waals surface area (Å²) in [6, 6.07) is 0.153. The van der Waals surface area contributed by atoms with E-state index in [-0.39, 0.29) is 6.04 Å². The molecule has 0 saturated heterocycles. The fourth-order valence-electron chi connectivity index (χ4n) is 2.84. The summed E-state index contributed by atoms with van der Waals surface area (Å²) in [5.74, 6) is 2.27. The Morgan fingerprint density at radius 1 is 1.35 bits per heavy atom. The zero-order valence-corrected chi connectivity index (χ0v) is 11.8. The van der Waals surface area contributed by atoms with Crippen molar-refractivity contribution in [3.63, 3.8) is 0 Å². The summed E-state index contributed by atoms with van der Waals surface area (Å²) in [6.45, 7) is 6.84. The third kappa shape index (κ3) is 2.68. The molecule has 0 radical (unpaired) electrons. The quantitative estimate of drug-likeness (QED) is 0.900. The second kappa shape index (κ2) is 5.44. The third-order valence-corrected chi connectivity index (χ3v) is 5.24. The maximum Gasteiger partial charge on any atom is 0.0801 e. The Bertz CT molecular complexity index is 363. The van der Waals surface area contributed by atoms with Crippen LogP contribution in [0.2, 0.25) is 0 Å². The van der Waals surface area contributed by atoms with Crippen LogP contribution < -0.4 is 5.73 Å². The Hall–Kier alpha value is -0.480. The van der Waals surface area contributed by atoms with Gasteiger partial charge in [-0.15, -0.1) is 5.10 Å². The minimum absolute atomic E-state index is 0.153. The highest BCUT2D eigenvalue weighted by Crippen LogP contribution is 2.40. The van der Waals surface area contributed by atoms with Crippen molar-refractivity contribution in [2.45, 2.75) is 52.5 Å². The van der Waals surface area contributed by atoms with E-state index in [0.717, 1.165) is 24.0 Å². The van der Waals surface area contributed by atoms with Crippen molar-refractivity contribution in [2.24, 2.45) is 23.5 Å². The number of hydrogen-bond acceptors (Lipinski definition) is 4. The lowest BCUT2D eigenvalue weighted by atomic mass is 9.73. The Labute approximate surface area is 108 Å². The number of rotatable bonds is 3. The molecule has 0 bridgehead atoms. The van der Waals surface area contributed by atoms with Crippen molar-refractivity contribution >= 4 is 11.5 Å². The zero-order valence-electron chi connectivity index (χ0n) is 11.0. The minimum atomic E-state index is 0.153. The Kier molecular flexibility index (Phi) is 4.15. The van der Waals surface area contributed by atoms with Crippen molar-refractivity contribution < 1.29 is 0 Å². The van der Waals surface area contributed by atoms with Crippen LogP contribution in [0.15, 0.2) is 0 Å². The molecule has 0 spiro atoms. The molecule has 1 aliphatic rings. The van der Waals surface area contributed by atoms with E-state index in [1.165, 1.54) is 35.7 Å². The Morgan fingerprint density at radius 2 is 2.12 bits per heavy atom. The first-order chi connectivity index (χ1) is 8.13. The van der Waals surface area contributed by atoms with Gasteiger partial charge in [0.15, 0.2) is 0 Å². The van der Waals surface area contributed by atoms with Gasteiger partial charge in [-0.25, -0.2) is 0 Å². The average Bonchev–Trinajstić information content (AvgIpc) is 2.80. The highest BCUT2D eigenvalue weighted by atomic mass is 32.1. The minimum Gasteiger partial charge on any atom is -0.323 e. The molecule has 1 aromatic rings. The molecular formula is C13H23N3S.